The minimum absolute atomic E-state index is 0.0623. The van der Waals surface area contributed by atoms with Crippen molar-refractivity contribution in [2.45, 2.75) is 30.7 Å². The van der Waals surface area contributed by atoms with Crippen LogP contribution in [-0.2, 0) is 14.8 Å². The molecule has 3 heterocycles. The van der Waals surface area contributed by atoms with Crippen LogP contribution in [0.4, 0.5) is 5.82 Å². The zero-order valence-electron chi connectivity index (χ0n) is 18.2. The average molecular weight is 464 g/mol. The lowest BCUT2D eigenvalue weighted by molar-refractivity contribution is 0.0904. The molecular weight excluding hydrogens is 438 g/mol. The summed E-state index contributed by atoms with van der Waals surface area (Å²) in [5.74, 6) is 0.717. The molecule has 1 saturated heterocycles. The van der Waals surface area contributed by atoms with Gasteiger partial charge in [-0.2, -0.15) is 0 Å². The fourth-order valence-electron chi connectivity index (χ4n) is 4.24. The Morgan fingerprint density at radius 3 is 2.64 bits per heavy atom. The number of anilines is 1. The number of aromatic nitrogens is 3. The highest BCUT2D eigenvalue weighted by Gasteiger charge is 2.21. The van der Waals surface area contributed by atoms with Crippen LogP contribution in [0, 0.1) is 6.92 Å². The number of primary sulfonamides is 1. The van der Waals surface area contributed by atoms with Gasteiger partial charge in [0.2, 0.25) is 10.0 Å². The molecule has 9 heteroatoms. The van der Waals surface area contributed by atoms with Crippen LogP contribution in [0.5, 0.6) is 0 Å². The molecule has 1 aliphatic rings. The van der Waals surface area contributed by atoms with Gasteiger partial charge in [-0.15, -0.1) is 0 Å². The number of nitrogens with zero attached hydrogens (tertiary/aromatic N) is 3. The lowest BCUT2D eigenvalue weighted by atomic mass is 10.1. The normalized spacial score (nSPS) is 15.1. The van der Waals surface area contributed by atoms with E-state index in [-0.39, 0.29) is 10.9 Å². The highest BCUT2D eigenvalue weighted by atomic mass is 32.2. The molecular formula is C24H25N5O3S. The predicted molar refractivity (Wildman–Crippen MR) is 128 cm³/mol. The monoisotopic (exact) mass is 463 g/mol. The molecule has 2 aromatic carbocycles. The topological polar surface area (TPSA) is 112 Å². The van der Waals surface area contributed by atoms with Gasteiger partial charge in [0, 0.05) is 36.7 Å². The third-order valence-electron chi connectivity index (χ3n) is 5.90. The van der Waals surface area contributed by atoms with Crippen molar-refractivity contribution >= 4 is 26.9 Å². The van der Waals surface area contributed by atoms with Gasteiger partial charge in [0.05, 0.1) is 10.3 Å². The van der Waals surface area contributed by atoms with Crippen LogP contribution in [0.15, 0.2) is 66.0 Å². The molecule has 170 valence electrons. The number of fused-ring (bicyclic) bond motifs is 1. The summed E-state index contributed by atoms with van der Waals surface area (Å²) in [6.07, 6.45) is 5.31. The lowest BCUT2D eigenvalue weighted by Gasteiger charge is -2.24. The molecule has 0 amide bonds. The van der Waals surface area contributed by atoms with Gasteiger partial charge < -0.3 is 14.6 Å². The summed E-state index contributed by atoms with van der Waals surface area (Å²) in [5.41, 5.74) is 4.38. The second kappa shape index (κ2) is 8.58. The SMILES string of the molecule is Cc1cccc(-n2cc(-c3cccc(S(N)(=O)=O)c3)c3c(NC4CCOCC4)ncnc32)c1. The first kappa shape index (κ1) is 21.6. The molecule has 5 rings (SSSR count). The summed E-state index contributed by atoms with van der Waals surface area (Å²) in [5, 5.41) is 9.80. The number of ether oxygens (including phenoxy) is 1. The van der Waals surface area contributed by atoms with E-state index in [1.54, 1.807) is 18.5 Å². The van der Waals surface area contributed by atoms with Gasteiger partial charge in [-0.05, 0) is 55.2 Å². The highest BCUT2D eigenvalue weighted by molar-refractivity contribution is 7.89. The number of nitrogens with one attached hydrogen (secondary N) is 1. The van der Waals surface area contributed by atoms with Gasteiger partial charge in [-0.25, -0.2) is 23.5 Å². The Hall–Kier alpha value is -3.27. The van der Waals surface area contributed by atoms with Crippen LogP contribution in [0.1, 0.15) is 18.4 Å². The number of nitrogens with two attached hydrogens (primary N) is 1. The maximum absolute atomic E-state index is 12.0. The zero-order chi connectivity index (χ0) is 23.0. The highest BCUT2D eigenvalue weighted by Crippen LogP contribution is 2.36. The Labute approximate surface area is 192 Å². The Morgan fingerprint density at radius 1 is 1.09 bits per heavy atom. The number of hydrogen-bond donors (Lipinski definition) is 2. The van der Waals surface area contributed by atoms with Crippen LogP contribution in [-0.4, -0.2) is 42.2 Å². The summed E-state index contributed by atoms with van der Waals surface area (Å²) in [7, 11) is -3.84. The van der Waals surface area contributed by atoms with E-state index in [1.165, 1.54) is 6.07 Å². The third-order valence-corrected chi connectivity index (χ3v) is 6.81. The molecule has 4 aromatic rings. The quantitative estimate of drug-likeness (QED) is 0.467. The molecule has 2 aromatic heterocycles. The Morgan fingerprint density at radius 2 is 1.88 bits per heavy atom. The smallest absolute Gasteiger partial charge is 0.238 e. The molecule has 1 aliphatic heterocycles. The summed E-state index contributed by atoms with van der Waals surface area (Å²) >= 11 is 0. The number of hydrogen-bond acceptors (Lipinski definition) is 6. The Kier molecular flexibility index (Phi) is 5.61. The molecule has 1 fully saturated rings. The van der Waals surface area contributed by atoms with E-state index in [1.807, 2.05) is 42.0 Å². The molecule has 0 bridgehead atoms. The van der Waals surface area contributed by atoms with Gasteiger partial charge in [0.25, 0.3) is 0 Å². The van der Waals surface area contributed by atoms with Gasteiger partial charge in [-0.3, -0.25) is 0 Å². The van der Waals surface area contributed by atoms with E-state index >= 15 is 0 Å². The van der Waals surface area contributed by atoms with E-state index in [0.29, 0.717) is 19.0 Å². The van der Waals surface area contributed by atoms with Crippen molar-refractivity contribution in [1.29, 1.82) is 0 Å². The summed E-state index contributed by atoms with van der Waals surface area (Å²) in [6.45, 7) is 3.46. The zero-order valence-corrected chi connectivity index (χ0v) is 19.0. The molecule has 0 radical (unpaired) electrons. The first-order valence-corrected chi connectivity index (χ1v) is 12.4. The number of benzene rings is 2. The van der Waals surface area contributed by atoms with Crippen molar-refractivity contribution in [2.24, 2.45) is 5.14 Å². The molecule has 3 N–H and O–H groups in total. The fourth-order valence-corrected chi connectivity index (χ4v) is 4.80. The summed E-state index contributed by atoms with van der Waals surface area (Å²) in [4.78, 5) is 9.23. The van der Waals surface area contributed by atoms with Gasteiger partial charge in [-0.1, -0.05) is 24.3 Å². The maximum Gasteiger partial charge on any atom is 0.238 e. The molecule has 0 spiro atoms. The van der Waals surface area contributed by atoms with Gasteiger partial charge in [0.15, 0.2) is 5.65 Å². The van der Waals surface area contributed by atoms with Crippen LogP contribution in [0.25, 0.3) is 27.8 Å². The van der Waals surface area contributed by atoms with Crippen molar-refractivity contribution in [3.8, 4) is 16.8 Å². The first-order valence-electron chi connectivity index (χ1n) is 10.8. The van der Waals surface area contributed by atoms with E-state index in [4.69, 9.17) is 9.88 Å². The third kappa shape index (κ3) is 4.35. The first-order chi connectivity index (χ1) is 15.9. The standard InChI is InChI=1S/C24H25N5O3S/c1-16-4-2-6-19(12-16)29-14-21(17-5-3-7-20(13-17)33(25,30)31)22-23(26-15-27-24(22)29)28-18-8-10-32-11-9-18/h2-7,12-15,18H,8-11H2,1H3,(H2,25,30,31)(H,26,27,28). The van der Waals surface area contributed by atoms with Gasteiger partial charge >= 0.3 is 0 Å². The lowest BCUT2D eigenvalue weighted by Crippen LogP contribution is -2.28. The van der Waals surface area contributed by atoms with Gasteiger partial charge in [0.1, 0.15) is 12.1 Å². The minimum atomic E-state index is -3.84. The maximum atomic E-state index is 12.0. The molecule has 0 atom stereocenters. The number of rotatable bonds is 5. The molecule has 0 saturated carbocycles. The average Bonchev–Trinajstić information content (AvgIpc) is 3.20. The molecule has 33 heavy (non-hydrogen) atoms. The Bertz CT molecular complexity index is 1430. The van der Waals surface area contributed by atoms with Crippen molar-refractivity contribution < 1.29 is 13.2 Å². The van der Waals surface area contributed by atoms with Crippen LogP contribution >= 0.6 is 0 Å². The van der Waals surface area contributed by atoms with Crippen molar-refractivity contribution in [3.63, 3.8) is 0 Å². The molecule has 0 aliphatic carbocycles. The second-order valence-electron chi connectivity index (χ2n) is 8.28. The van der Waals surface area contributed by atoms with Crippen molar-refractivity contribution in [2.75, 3.05) is 18.5 Å². The summed E-state index contributed by atoms with van der Waals surface area (Å²) < 4.78 is 31.5. The van der Waals surface area contributed by atoms with E-state index in [0.717, 1.165) is 46.3 Å². The van der Waals surface area contributed by atoms with Crippen LogP contribution in [0.3, 0.4) is 0 Å². The van der Waals surface area contributed by atoms with Crippen LogP contribution < -0.4 is 10.5 Å². The van der Waals surface area contributed by atoms with Crippen molar-refractivity contribution in [3.05, 3.63) is 66.6 Å². The second-order valence-corrected chi connectivity index (χ2v) is 9.84. The van der Waals surface area contributed by atoms with E-state index in [9.17, 15) is 8.42 Å². The number of aryl methyl sites for hydroxylation is 1. The largest absolute Gasteiger partial charge is 0.381 e. The van der Waals surface area contributed by atoms with E-state index < -0.39 is 10.0 Å². The van der Waals surface area contributed by atoms with E-state index in [2.05, 4.69) is 21.4 Å². The van der Waals surface area contributed by atoms with Crippen molar-refractivity contribution in [1.82, 2.24) is 14.5 Å². The fraction of sp³-hybridized carbons (Fsp3) is 0.250. The molecule has 0 unspecified atom stereocenters. The predicted octanol–water partition coefficient (Wildman–Crippen LogP) is 3.63. The Balaban J connectivity index is 1.73. The minimum Gasteiger partial charge on any atom is -0.381 e. The van der Waals surface area contributed by atoms with Crippen LogP contribution in [0.2, 0.25) is 0 Å². The number of sulfonamides is 1. The summed E-state index contributed by atoms with van der Waals surface area (Å²) in [6, 6.07) is 15.0. The molecule has 8 nitrogen and oxygen atoms in total.